The SMILES string of the molecule is C[C@@H](NC1CCN(C)C1=O)c1cccnc1. The Kier molecular flexibility index (Phi) is 3.19. The molecule has 0 radical (unpaired) electrons. The monoisotopic (exact) mass is 219 g/mol. The molecule has 4 nitrogen and oxygen atoms in total. The summed E-state index contributed by atoms with van der Waals surface area (Å²) in [6.45, 7) is 2.90. The molecule has 1 fully saturated rings. The molecule has 1 aromatic rings. The fourth-order valence-corrected chi connectivity index (χ4v) is 2.01. The largest absolute Gasteiger partial charge is 0.344 e. The minimum absolute atomic E-state index is 0.0415. The molecule has 2 heterocycles. The van der Waals surface area contributed by atoms with Gasteiger partial charge in [0.2, 0.25) is 5.91 Å². The number of carbonyl (C=O) groups is 1. The van der Waals surface area contributed by atoms with Crippen molar-refractivity contribution < 1.29 is 4.79 Å². The Balaban J connectivity index is 1.98. The maximum atomic E-state index is 11.7. The van der Waals surface area contributed by atoms with Gasteiger partial charge in [0, 0.05) is 32.0 Å². The van der Waals surface area contributed by atoms with Gasteiger partial charge >= 0.3 is 0 Å². The average Bonchev–Trinajstić information content (AvgIpc) is 2.62. The average molecular weight is 219 g/mol. The lowest BCUT2D eigenvalue weighted by Gasteiger charge is -2.18. The van der Waals surface area contributed by atoms with Gasteiger partial charge in [-0.2, -0.15) is 0 Å². The number of likely N-dealkylation sites (N-methyl/N-ethyl adjacent to an activating group) is 1. The van der Waals surface area contributed by atoms with Crippen LogP contribution in [0, 0.1) is 0 Å². The van der Waals surface area contributed by atoms with Crippen molar-refractivity contribution >= 4 is 5.91 Å². The van der Waals surface area contributed by atoms with Crippen LogP contribution in [0.15, 0.2) is 24.5 Å². The molecule has 4 heteroatoms. The Morgan fingerprint density at radius 2 is 2.44 bits per heavy atom. The van der Waals surface area contributed by atoms with Crippen molar-refractivity contribution in [2.24, 2.45) is 0 Å². The number of nitrogens with zero attached hydrogens (tertiary/aromatic N) is 2. The summed E-state index contributed by atoms with van der Waals surface area (Å²) in [6, 6.07) is 4.05. The van der Waals surface area contributed by atoms with Gasteiger partial charge in [0.15, 0.2) is 0 Å². The van der Waals surface area contributed by atoms with E-state index in [2.05, 4.69) is 17.2 Å². The number of amides is 1. The number of hydrogen-bond acceptors (Lipinski definition) is 3. The summed E-state index contributed by atoms with van der Waals surface area (Å²) in [7, 11) is 1.85. The van der Waals surface area contributed by atoms with Gasteiger partial charge in [-0.1, -0.05) is 6.07 Å². The molecule has 2 rings (SSSR count). The first-order valence-electron chi connectivity index (χ1n) is 5.59. The van der Waals surface area contributed by atoms with E-state index in [0.717, 1.165) is 18.5 Å². The van der Waals surface area contributed by atoms with Gasteiger partial charge in [0.1, 0.15) is 0 Å². The quantitative estimate of drug-likeness (QED) is 0.823. The number of nitrogens with one attached hydrogen (secondary N) is 1. The predicted molar refractivity (Wildman–Crippen MR) is 61.8 cm³/mol. The first kappa shape index (κ1) is 11.1. The van der Waals surface area contributed by atoms with Gasteiger partial charge < -0.3 is 4.90 Å². The molecule has 0 bridgehead atoms. The van der Waals surface area contributed by atoms with Gasteiger partial charge in [-0.05, 0) is 25.0 Å². The highest BCUT2D eigenvalue weighted by molar-refractivity contribution is 5.83. The lowest BCUT2D eigenvalue weighted by atomic mass is 10.1. The van der Waals surface area contributed by atoms with Crippen LogP contribution in [0.25, 0.3) is 0 Å². The Bertz CT molecular complexity index is 366. The van der Waals surface area contributed by atoms with E-state index in [1.54, 1.807) is 11.1 Å². The van der Waals surface area contributed by atoms with E-state index in [1.165, 1.54) is 0 Å². The molecule has 1 amide bonds. The maximum absolute atomic E-state index is 11.7. The number of hydrogen-bond donors (Lipinski definition) is 1. The highest BCUT2D eigenvalue weighted by atomic mass is 16.2. The molecule has 1 saturated heterocycles. The molecule has 1 aliphatic rings. The van der Waals surface area contributed by atoms with Crippen LogP contribution in [0.4, 0.5) is 0 Å². The van der Waals surface area contributed by atoms with Crippen LogP contribution in [0.1, 0.15) is 24.9 Å². The first-order valence-corrected chi connectivity index (χ1v) is 5.59. The van der Waals surface area contributed by atoms with Gasteiger partial charge in [-0.25, -0.2) is 0 Å². The number of aromatic nitrogens is 1. The molecule has 1 N–H and O–H groups in total. The van der Waals surface area contributed by atoms with E-state index in [-0.39, 0.29) is 18.0 Å². The Morgan fingerprint density at radius 3 is 3.00 bits per heavy atom. The highest BCUT2D eigenvalue weighted by Gasteiger charge is 2.29. The summed E-state index contributed by atoms with van der Waals surface area (Å²) in [4.78, 5) is 17.6. The number of carbonyl (C=O) groups excluding carboxylic acids is 1. The zero-order valence-electron chi connectivity index (χ0n) is 9.68. The highest BCUT2D eigenvalue weighted by Crippen LogP contribution is 2.15. The Morgan fingerprint density at radius 1 is 1.62 bits per heavy atom. The molecule has 0 aliphatic carbocycles. The topological polar surface area (TPSA) is 45.2 Å². The van der Waals surface area contributed by atoms with Crippen LogP contribution in [-0.2, 0) is 4.79 Å². The fraction of sp³-hybridized carbons (Fsp3) is 0.500. The van der Waals surface area contributed by atoms with E-state index in [9.17, 15) is 4.79 Å². The standard InChI is InChI=1S/C12H17N3O/c1-9(10-4-3-6-13-8-10)14-11-5-7-15(2)12(11)16/h3-4,6,8-9,11,14H,5,7H2,1-2H3/t9-,11?/m1/s1. The molecule has 16 heavy (non-hydrogen) atoms. The summed E-state index contributed by atoms with van der Waals surface area (Å²) in [5.74, 6) is 0.191. The molecule has 1 unspecified atom stereocenters. The van der Waals surface area contributed by atoms with Crippen LogP contribution in [0.5, 0.6) is 0 Å². The predicted octanol–water partition coefficient (Wildman–Crippen LogP) is 0.963. The van der Waals surface area contributed by atoms with E-state index in [0.29, 0.717) is 0 Å². The van der Waals surface area contributed by atoms with Crippen LogP contribution in [-0.4, -0.2) is 35.4 Å². The minimum atomic E-state index is -0.0415. The van der Waals surface area contributed by atoms with Crippen molar-refractivity contribution in [3.05, 3.63) is 30.1 Å². The summed E-state index contributed by atoms with van der Waals surface area (Å²) in [6.07, 6.45) is 4.48. The summed E-state index contributed by atoms with van der Waals surface area (Å²) >= 11 is 0. The molecule has 86 valence electrons. The third-order valence-electron chi connectivity index (χ3n) is 3.06. The molecule has 0 spiro atoms. The zero-order chi connectivity index (χ0) is 11.5. The van der Waals surface area contributed by atoms with Crippen molar-refractivity contribution in [1.29, 1.82) is 0 Å². The normalized spacial score (nSPS) is 22.5. The lowest BCUT2D eigenvalue weighted by molar-refractivity contribution is -0.128. The molecule has 2 atom stereocenters. The van der Waals surface area contributed by atoms with Crippen molar-refractivity contribution in [3.8, 4) is 0 Å². The third-order valence-corrected chi connectivity index (χ3v) is 3.06. The summed E-state index contributed by atoms with van der Waals surface area (Å²) in [5.41, 5.74) is 1.12. The van der Waals surface area contributed by atoms with Crippen molar-refractivity contribution in [1.82, 2.24) is 15.2 Å². The van der Waals surface area contributed by atoms with E-state index >= 15 is 0 Å². The Hall–Kier alpha value is -1.42. The second kappa shape index (κ2) is 4.61. The molecule has 0 saturated carbocycles. The first-order chi connectivity index (χ1) is 7.68. The van der Waals surface area contributed by atoms with Crippen LogP contribution >= 0.6 is 0 Å². The van der Waals surface area contributed by atoms with E-state index < -0.39 is 0 Å². The number of likely N-dealkylation sites (tertiary alicyclic amines) is 1. The third kappa shape index (κ3) is 2.22. The van der Waals surface area contributed by atoms with Crippen molar-refractivity contribution in [3.63, 3.8) is 0 Å². The van der Waals surface area contributed by atoms with Crippen LogP contribution in [0.3, 0.4) is 0 Å². The molecule has 1 aliphatic heterocycles. The van der Waals surface area contributed by atoms with Crippen molar-refractivity contribution in [2.75, 3.05) is 13.6 Å². The molecular weight excluding hydrogens is 202 g/mol. The number of pyridine rings is 1. The second-order valence-electron chi connectivity index (χ2n) is 4.28. The van der Waals surface area contributed by atoms with Crippen LogP contribution in [0.2, 0.25) is 0 Å². The lowest BCUT2D eigenvalue weighted by Crippen LogP contribution is -2.38. The van der Waals surface area contributed by atoms with Gasteiger partial charge in [-0.3, -0.25) is 15.1 Å². The van der Waals surface area contributed by atoms with E-state index in [1.807, 2.05) is 25.4 Å². The second-order valence-corrected chi connectivity index (χ2v) is 4.28. The molecule has 1 aromatic heterocycles. The van der Waals surface area contributed by atoms with Gasteiger partial charge in [0.25, 0.3) is 0 Å². The van der Waals surface area contributed by atoms with Gasteiger partial charge in [0.05, 0.1) is 6.04 Å². The van der Waals surface area contributed by atoms with Crippen LogP contribution < -0.4 is 5.32 Å². The Labute approximate surface area is 95.7 Å². The zero-order valence-corrected chi connectivity index (χ0v) is 9.68. The molecule has 0 aromatic carbocycles. The summed E-state index contributed by atoms with van der Waals surface area (Å²) < 4.78 is 0. The van der Waals surface area contributed by atoms with E-state index in [4.69, 9.17) is 0 Å². The minimum Gasteiger partial charge on any atom is -0.344 e. The fourth-order valence-electron chi connectivity index (χ4n) is 2.01. The maximum Gasteiger partial charge on any atom is 0.239 e. The van der Waals surface area contributed by atoms with Crippen molar-refractivity contribution in [2.45, 2.75) is 25.4 Å². The summed E-state index contributed by atoms with van der Waals surface area (Å²) in [5, 5.41) is 3.34. The van der Waals surface area contributed by atoms with Gasteiger partial charge in [-0.15, -0.1) is 0 Å². The number of rotatable bonds is 3. The molecular formula is C12H17N3O. The smallest absolute Gasteiger partial charge is 0.239 e.